The first kappa shape index (κ1) is 15.6. The lowest BCUT2D eigenvalue weighted by Gasteiger charge is -2.22. The van der Waals surface area contributed by atoms with Gasteiger partial charge in [0.2, 0.25) is 0 Å². The van der Waals surface area contributed by atoms with Crippen molar-refractivity contribution in [1.29, 1.82) is 0 Å². The Bertz CT molecular complexity index is 597. The minimum absolute atomic E-state index is 0.0725. The minimum Gasteiger partial charge on any atom is -0.485 e. The van der Waals surface area contributed by atoms with Gasteiger partial charge < -0.3 is 14.6 Å². The number of aromatic nitrogens is 1. The molecule has 0 spiro atoms. The van der Waals surface area contributed by atoms with Crippen molar-refractivity contribution in [3.05, 3.63) is 46.8 Å². The van der Waals surface area contributed by atoms with E-state index in [2.05, 4.69) is 56.4 Å². The molecule has 21 heavy (non-hydrogen) atoms. The molecule has 0 radical (unpaired) electrons. The summed E-state index contributed by atoms with van der Waals surface area (Å²) in [5.41, 5.74) is 3.22. The largest absolute Gasteiger partial charge is 0.485 e. The van der Waals surface area contributed by atoms with Gasteiger partial charge in [-0.25, -0.2) is 0 Å². The number of nitrogens with one attached hydrogen (secondary N) is 1. The quantitative estimate of drug-likeness (QED) is 0.910. The summed E-state index contributed by atoms with van der Waals surface area (Å²) < 4.78 is 11.1. The number of para-hydroxylation sites is 1. The van der Waals surface area contributed by atoms with Crippen LogP contribution in [0.2, 0.25) is 0 Å². The molecule has 1 aromatic heterocycles. The van der Waals surface area contributed by atoms with Gasteiger partial charge in [0, 0.05) is 23.7 Å². The standard InChI is InChI=1S/C17H24N2O2/c1-12-7-6-8-14(10-18-17(3,4)5)16(12)20-11-15-9-13(2)19-21-15/h6-9,18H,10-11H2,1-5H3. The number of aryl methyl sites for hydroxylation is 2. The van der Waals surface area contributed by atoms with Gasteiger partial charge in [-0.05, 0) is 40.2 Å². The number of rotatable bonds is 5. The number of hydrogen-bond acceptors (Lipinski definition) is 4. The molecule has 0 bridgehead atoms. The van der Waals surface area contributed by atoms with Gasteiger partial charge in [0.15, 0.2) is 5.76 Å². The van der Waals surface area contributed by atoms with Crippen LogP contribution >= 0.6 is 0 Å². The molecule has 0 saturated carbocycles. The van der Waals surface area contributed by atoms with Crippen LogP contribution in [0, 0.1) is 13.8 Å². The van der Waals surface area contributed by atoms with Gasteiger partial charge in [0.05, 0.1) is 5.69 Å². The third-order valence-electron chi connectivity index (χ3n) is 3.14. The Kier molecular flexibility index (Phi) is 4.68. The van der Waals surface area contributed by atoms with Crippen molar-refractivity contribution in [3.63, 3.8) is 0 Å². The highest BCUT2D eigenvalue weighted by Gasteiger charge is 2.13. The van der Waals surface area contributed by atoms with Crippen molar-refractivity contribution in [2.45, 2.75) is 53.3 Å². The average molecular weight is 288 g/mol. The molecule has 4 nitrogen and oxygen atoms in total. The number of benzene rings is 1. The molecule has 0 aliphatic carbocycles. The maximum Gasteiger partial charge on any atom is 0.174 e. The Hall–Kier alpha value is -1.81. The zero-order valence-electron chi connectivity index (χ0n) is 13.5. The summed E-state index contributed by atoms with van der Waals surface area (Å²) in [4.78, 5) is 0. The highest BCUT2D eigenvalue weighted by molar-refractivity contribution is 5.40. The van der Waals surface area contributed by atoms with Gasteiger partial charge in [-0.15, -0.1) is 0 Å². The molecule has 0 aliphatic rings. The van der Waals surface area contributed by atoms with E-state index in [1.807, 2.05) is 13.0 Å². The number of nitrogens with zero attached hydrogens (tertiary/aromatic N) is 1. The summed E-state index contributed by atoms with van der Waals surface area (Å²) in [5.74, 6) is 1.66. The predicted molar refractivity (Wildman–Crippen MR) is 83.3 cm³/mol. The Morgan fingerprint density at radius 3 is 2.62 bits per heavy atom. The van der Waals surface area contributed by atoms with Crippen LogP contribution in [0.3, 0.4) is 0 Å². The Morgan fingerprint density at radius 2 is 2.00 bits per heavy atom. The Morgan fingerprint density at radius 1 is 1.24 bits per heavy atom. The highest BCUT2D eigenvalue weighted by Crippen LogP contribution is 2.25. The van der Waals surface area contributed by atoms with E-state index in [1.165, 1.54) is 0 Å². The number of hydrogen-bond donors (Lipinski definition) is 1. The van der Waals surface area contributed by atoms with Crippen molar-refractivity contribution in [2.24, 2.45) is 0 Å². The zero-order chi connectivity index (χ0) is 15.5. The molecule has 0 amide bonds. The average Bonchev–Trinajstić information content (AvgIpc) is 2.80. The van der Waals surface area contributed by atoms with Crippen LogP contribution in [-0.4, -0.2) is 10.7 Å². The molecule has 2 rings (SSSR count). The molecule has 2 aromatic rings. The van der Waals surface area contributed by atoms with Crippen LogP contribution < -0.4 is 10.1 Å². The summed E-state index contributed by atoms with van der Waals surface area (Å²) in [6, 6.07) is 8.10. The molecule has 1 N–H and O–H groups in total. The molecule has 4 heteroatoms. The van der Waals surface area contributed by atoms with Crippen molar-refractivity contribution in [3.8, 4) is 5.75 Å². The third-order valence-corrected chi connectivity index (χ3v) is 3.14. The smallest absolute Gasteiger partial charge is 0.174 e. The van der Waals surface area contributed by atoms with Crippen LogP contribution in [-0.2, 0) is 13.2 Å². The molecule has 0 fully saturated rings. The molecule has 1 heterocycles. The van der Waals surface area contributed by atoms with Gasteiger partial charge in [-0.1, -0.05) is 23.4 Å². The first-order chi connectivity index (χ1) is 9.85. The van der Waals surface area contributed by atoms with E-state index in [9.17, 15) is 0 Å². The van der Waals surface area contributed by atoms with Crippen molar-refractivity contribution >= 4 is 0 Å². The van der Waals surface area contributed by atoms with E-state index in [-0.39, 0.29) is 5.54 Å². The Labute approximate surface area is 126 Å². The molecule has 0 atom stereocenters. The van der Waals surface area contributed by atoms with Crippen molar-refractivity contribution < 1.29 is 9.26 Å². The normalized spacial score (nSPS) is 11.7. The van der Waals surface area contributed by atoms with Crippen LogP contribution in [0.15, 0.2) is 28.8 Å². The molecule has 114 valence electrons. The SMILES string of the molecule is Cc1cc(COc2c(C)cccc2CNC(C)(C)C)on1. The summed E-state index contributed by atoms with van der Waals surface area (Å²) in [6.45, 7) is 11.6. The fraction of sp³-hybridized carbons (Fsp3) is 0.471. The first-order valence-corrected chi connectivity index (χ1v) is 7.24. The van der Waals surface area contributed by atoms with Crippen molar-refractivity contribution in [2.75, 3.05) is 0 Å². The minimum atomic E-state index is 0.0725. The predicted octanol–water partition coefficient (Wildman–Crippen LogP) is 3.76. The third kappa shape index (κ3) is 4.60. The molecule has 0 aliphatic heterocycles. The monoisotopic (exact) mass is 288 g/mol. The highest BCUT2D eigenvalue weighted by atomic mass is 16.5. The summed E-state index contributed by atoms with van der Waals surface area (Å²) in [7, 11) is 0. The van der Waals surface area contributed by atoms with E-state index >= 15 is 0 Å². The van der Waals surface area contributed by atoms with E-state index in [0.717, 1.165) is 34.9 Å². The fourth-order valence-electron chi connectivity index (χ4n) is 2.05. The zero-order valence-corrected chi connectivity index (χ0v) is 13.5. The number of ether oxygens (including phenoxy) is 1. The summed E-state index contributed by atoms with van der Waals surface area (Å²) in [6.07, 6.45) is 0. The molecule has 1 aromatic carbocycles. The van der Waals surface area contributed by atoms with E-state index < -0.39 is 0 Å². The van der Waals surface area contributed by atoms with Crippen LogP contribution in [0.25, 0.3) is 0 Å². The second-order valence-electron chi connectivity index (χ2n) is 6.39. The summed E-state index contributed by atoms with van der Waals surface area (Å²) >= 11 is 0. The second kappa shape index (κ2) is 6.31. The van der Waals surface area contributed by atoms with Gasteiger partial charge in [-0.3, -0.25) is 0 Å². The maximum atomic E-state index is 5.96. The maximum absolute atomic E-state index is 5.96. The fourth-order valence-corrected chi connectivity index (χ4v) is 2.05. The lowest BCUT2D eigenvalue weighted by molar-refractivity contribution is 0.244. The topological polar surface area (TPSA) is 47.3 Å². The van der Waals surface area contributed by atoms with E-state index in [0.29, 0.717) is 6.61 Å². The van der Waals surface area contributed by atoms with Crippen molar-refractivity contribution in [1.82, 2.24) is 10.5 Å². The van der Waals surface area contributed by atoms with Gasteiger partial charge in [0.25, 0.3) is 0 Å². The van der Waals surface area contributed by atoms with Crippen LogP contribution in [0.5, 0.6) is 5.75 Å². The van der Waals surface area contributed by atoms with Crippen LogP contribution in [0.1, 0.15) is 43.4 Å². The molecular formula is C17H24N2O2. The second-order valence-corrected chi connectivity index (χ2v) is 6.39. The molecular weight excluding hydrogens is 264 g/mol. The van der Waals surface area contributed by atoms with Crippen LogP contribution in [0.4, 0.5) is 0 Å². The first-order valence-electron chi connectivity index (χ1n) is 7.24. The van der Waals surface area contributed by atoms with Gasteiger partial charge in [-0.2, -0.15) is 0 Å². The van der Waals surface area contributed by atoms with Gasteiger partial charge >= 0.3 is 0 Å². The lowest BCUT2D eigenvalue weighted by atomic mass is 10.1. The van der Waals surface area contributed by atoms with E-state index in [1.54, 1.807) is 0 Å². The molecule has 0 unspecified atom stereocenters. The summed E-state index contributed by atoms with van der Waals surface area (Å²) in [5, 5.41) is 7.37. The lowest BCUT2D eigenvalue weighted by Crippen LogP contribution is -2.35. The Balaban J connectivity index is 2.10. The molecule has 0 saturated heterocycles. The van der Waals surface area contributed by atoms with Gasteiger partial charge in [0.1, 0.15) is 12.4 Å². The van der Waals surface area contributed by atoms with E-state index in [4.69, 9.17) is 9.26 Å².